The summed E-state index contributed by atoms with van der Waals surface area (Å²) in [5, 5.41) is 3.92. The Morgan fingerprint density at radius 3 is 3.05 bits per heavy atom. The fourth-order valence-corrected chi connectivity index (χ4v) is 2.60. The molecule has 1 aromatic carbocycles. The van der Waals surface area contributed by atoms with Gasteiger partial charge in [-0.25, -0.2) is 0 Å². The zero-order valence-electron chi connectivity index (χ0n) is 11.2. The molecule has 2 atom stereocenters. The zero-order chi connectivity index (χ0) is 13.8. The molecule has 4 nitrogen and oxygen atoms in total. The van der Waals surface area contributed by atoms with Crippen LogP contribution in [0.2, 0.25) is 5.02 Å². The fraction of sp³-hybridized carbons (Fsp3) is 0.500. The van der Waals surface area contributed by atoms with Crippen molar-refractivity contribution in [2.75, 3.05) is 20.3 Å². The minimum atomic E-state index is -0.0990. The average molecular weight is 283 g/mol. The van der Waals surface area contributed by atoms with Crippen LogP contribution in [0.5, 0.6) is 0 Å². The minimum Gasteiger partial charge on any atom is -0.385 e. The Kier molecular flexibility index (Phi) is 4.80. The van der Waals surface area contributed by atoms with E-state index in [2.05, 4.69) is 5.32 Å². The second kappa shape index (κ2) is 6.37. The maximum Gasteiger partial charge on any atom is 0.238 e. The molecule has 19 heavy (non-hydrogen) atoms. The van der Waals surface area contributed by atoms with Gasteiger partial charge in [0.2, 0.25) is 5.91 Å². The van der Waals surface area contributed by atoms with Gasteiger partial charge in [-0.05, 0) is 31.0 Å². The number of rotatable bonds is 5. The van der Waals surface area contributed by atoms with Gasteiger partial charge in [0.1, 0.15) is 6.17 Å². The topological polar surface area (TPSA) is 41.6 Å². The highest BCUT2D eigenvalue weighted by Gasteiger charge is 2.34. The van der Waals surface area contributed by atoms with Gasteiger partial charge in [-0.3, -0.25) is 10.1 Å². The number of amides is 1. The molecule has 1 fully saturated rings. The van der Waals surface area contributed by atoms with Crippen molar-refractivity contribution < 1.29 is 9.53 Å². The Bertz CT molecular complexity index is 453. The monoisotopic (exact) mass is 282 g/mol. The van der Waals surface area contributed by atoms with E-state index in [0.717, 1.165) is 12.0 Å². The van der Waals surface area contributed by atoms with E-state index in [-0.39, 0.29) is 18.1 Å². The van der Waals surface area contributed by atoms with Crippen LogP contribution in [-0.4, -0.2) is 37.1 Å². The molecule has 1 amide bonds. The van der Waals surface area contributed by atoms with Gasteiger partial charge in [0, 0.05) is 24.8 Å². The highest BCUT2D eigenvalue weighted by Crippen LogP contribution is 2.27. The Morgan fingerprint density at radius 2 is 2.37 bits per heavy atom. The van der Waals surface area contributed by atoms with Crippen LogP contribution in [0.1, 0.15) is 25.1 Å². The van der Waals surface area contributed by atoms with Crippen molar-refractivity contribution in [2.45, 2.75) is 25.6 Å². The summed E-state index contributed by atoms with van der Waals surface area (Å²) in [4.78, 5) is 13.9. The Morgan fingerprint density at radius 1 is 1.58 bits per heavy atom. The normalized spacial score (nSPS) is 20.9. The van der Waals surface area contributed by atoms with Crippen LogP contribution < -0.4 is 5.32 Å². The van der Waals surface area contributed by atoms with Gasteiger partial charge in [0.05, 0.1) is 6.54 Å². The Labute approximate surface area is 118 Å². The molecule has 1 saturated heterocycles. The lowest BCUT2D eigenvalue weighted by Crippen LogP contribution is -2.38. The second-order valence-electron chi connectivity index (χ2n) is 4.77. The summed E-state index contributed by atoms with van der Waals surface area (Å²) >= 11 is 6.02. The van der Waals surface area contributed by atoms with Crippen LogP contribution in [0.15, 0.2) is 24.3 Å². The molecule has 104 valence electrons. The summed E-state index contributed by atoms with van der Waals surface area (Å²) in [5.74, 6) is 0.119. The number of benzene rings is 1. The Balaban J connectivity index is 2.17. The third-order valence-electron chi connectivity index (χ3n) is 3.39. The summed E-state index contributed by atoms with van der Waals surface area (Å²) in [7, 11) is 1.67. The van der Waals surface area contributed by atoms with Crippen LogP contribution in [-0.2, 0) is 9.53 Å². The molecule has 0 radical (unpaired) electrons. The molecular formula is C14H19ClN2O2. The van der Waals surface area contributed by atoms with Crippen molar-refractivity contribution >= 4 is 17.5 Å². The van der Waals surface area contributed by atoms with E-state index in [1.165, 1.54) is 0 Å². The molecular weight excluding hydrogens is 264 g/mol. The number of methoxy groups -OCH3 is 1. The summed E-state index contributed by atoms with van der Waals surface area (Å²) < 4.78 is 5.09. The van der Waals surface area contributed by atoms with Gasteiger partial charge in [0.25, 0.3) is 0 Å². The van der Waals surface area contributed by atoms with E-state index in [4.69, 9.17) is 16.3 Å². The molecule has 0 bridgehead atoms. The number of hydrogen-bond donors (Lipinski definition) is 1. The van der Waals surface area contributed by atoms with Gasteiger partial charge in [-0.15, -0.1) is 0 Å². The third-order valence-corrected chi connectivity index (χ3v) is 3.63. The molecule has 1 aromatic rings. The highest BCUT2D eigenvalue weighted by atomic mass is 35.5. The van der Waals surface area contributed by atoms with Crippen LogP contribution in [0.25, 0.3) is 0 Å². The molecule has 1 N–H and O–H groups in total. The largest absolute Gasteiger partial charge is 0.385 e. The second-order valence-corrected chi connectivity index (χ2v) is 5.21. The van der Waals surface area contributed by atoms with Crippen LogP contribution in [0.4, 0.5) is 0 Å². The van der Waals surface area contributed by atoms with Crippen molar-refractivity contribution in [1.82, 2.24) is 10.2 Å². The maximum absolute atomic E-state index is 12.0. The smallest absolute Gasteiger partial charge is 0.238 e. The van der Waals surface area contributed by atoms with Gasteiger partial charge >= 0.3 is 0 Å². The third kappa shape index (κ3) is 3.26. The number of nitrogens with zero attached hydrogens (tertiary/aromatic N) is 1. The van der Waals surface area contributed by atoms with Crippen molar-refractivity contribution in [2.24, 2.45) is 0 Å². The zero-order valence-corrected chi connectivity index (χ0v) is 12.0. The Hall–Kier alpha value is -1.10. The summed E-state index contributed by atoms with van der Waals surface area (Å²) in [6.07, 6.45) is 0.721. The predicted molar refractivity (Wildman–Crippen MR) is 75.0 cm³/mol. The molecule has 1 aliphatic rings. The quantitative estimate of drug-likeness (QED) is 0.900. The first-order chi connectivity index (χ1) is 9.13. The lowest BCUT2D eigenvalue weighted by Gasteiger charge is -2.30. The molecule has 0 aromatic heterocycles. The van der Waals surface area contributed by atoms with Crippen molar-refractivity contribution in [3.8, 4) is 0 Å². The maximum atomic E-state index is 12.0. The average Bonchev–Trinajstić information content (AvgIpc) is 2.78. The molecule has 0 aliphatic carbocycles. The molecule has 1 heterocycles. The molecule has 1 aliphatic heterocycles. The van der Waals surface area contributed by atoms with E-state index in [1.807, 2.05) is 36.1 Å². The minimum absolute atomic E-state index is 0.0990. The lowest BCUT2D eigenvalue weighted by molar-refractivity contribution is -0.130. The van der Waals surface area contributed by atoms with Crippen LogP contribution >= 0.6 is 11.6 Å². The van der Waals surface area contributed by atoms with E-state index in [1.54, 1.807) is 7.11 Å². The van der Waals surface area contributed by atoms with E-state index in [9.17, 15) is 4.79 Å². The lowest BCUT2D eigenvalue weighted by atomic mass is 10.1. The molecule has 2 rings (SSSR count). The number of hydrogen-bond acceptors (Lipinski definition) is 3. The van der Waals surface area contributed by atoms with Crippen molar-refractivity contribution in [1.29, 1.82) is 0 Å². The first kappa shape index (κ1) is 14.3. The van der Waals surface area contributed by atoms with Gasteiger partial charge in [0.15, 0.2) is 0 Å². The first-order valence-corrected chi connectivity index (χ1v) is 6.80. The predicted octanol–water partition coefficient (Wildman–Crippen LogP) is 2.20. The van der Waals surface area contributed by atoms with E-state index in [0.29, 0.717) is 18.2 Å². The SMILES string of the molecule is COCCC(C)N1C(=O)CNC1c1cccc(Cl)c1. The molecule has 5 heteroatoms. The highest BCUT2D eigenvalue weighted by molar-refractivity contribution is 6.30. The number of halogens is 1. The molecule has 0 saturated carbocycles. The van der Waals surface area contributed by atoms with Gasteiger partial charge < -0.3 is 9.64 Å². The number of carbonyl (C=O) groups excluding carboxylic acids is 1. The fourth-order valence-electron chi connectivity index (χ4n) is 2.40. The van der Waals surface area contributed by atoms with Gasteiger partial charge in [-0.2, -0.15) is 0 Å². The van der Waals surface area contributed by atoms with E-state index >= 15 is 0 Å². The molecule has 2 unspecified atom stereocenters. The molecule has 0 spiro atoms. The van der Waals surface area contributed by atoms with Crippen molar-refractivity contribution in [3.05, 3.63) is 34.9 Å². The summed E-state index contributed by atoms with van der Waals surface area (Å²) in [5.41, 5.74) is 1.02. The first-order valence-electron chi connectivity index (χ1n) is 6.42. The van der Waals surface area contributed by atoms with Crippen LogP contribution in [0.3, 0.4) is 0 Å². The standard InChI is InChI=1S/C14H19ClN2O2/c1-10(6-7-19-2)17-13(18)9-16-14(17)11-4-3-5-12(15)8-11/h3-5,8,10,14,16H,6-7,9H2,1-2H3. The number of ether oxygens (including phenoxy) is 1. The van der Waals surface area contributed by atoms with Gasteiger partial charge in [-0.1, -0.05) is 23.7 Å². The summed E-state index contributed by atoms with van der Waals surface area (Å²) in [6, 6.07) is 7.75. The number of nitrogens with one attached hydrogen (secondary N) is 1. The van der Waals surface area contributed by atoms with Crippen LogP contribution in [0, 0.1) is 0 Å². The van der Waals surface area contributed by atoms with E-state index < -0.39 is 0 Å². The summed E-state index contributed by atoms with van der Waals surface area (Å²) in [6.45, 7) is 3.06. The van der Waals surface area contributed by atoms with Crippen molar-refractivity contribution in [3.63, 3.8) is 0 Å². The number of carbonyl (C=O) groups is 1.